The van der Waals surface area contributed by atoms with Crippen LogP contribution in [0, 0.1) is 6.92 Å². The van der Waals surface area contributed by atoms with Gasteiger partial charge in [0.1, 0.15) is 0 Å². The van der Waals surface area contributed by atoms with Gasteiger partial charge in [-0.2, -0.15) is 0 Å². The number of nitrogen functional groups attached to an aromatic ring is 1. The first-order chi connectivity index (χ1) is 5.27. The van der Waals surface area contributed by atoms with Crippen LogP contribution in [0.4, 0.5) is 11.4 Å². The minimum Gasteiger partial charge on any atom is -0.397 e. The first kappa shape index (κ1) is 12.4. The summed E-state index contributed by atoms with van der Waals surface area (Å²) in [5.74, 6) is 0. The van der Waals surface area contributed by atoms with Crippen molar-refractivity contribution in [2.45, 2.75) is 13.3 Å². The van der Waals surface area contributed by atoms with Crippen molar-refractivity contribution in [2.75, 3.05) is 17.6 Å². The molecule has 1 aromatic rings. The standard InChI is InChI=1S/C9H12N2.2ClH/c1-6-4-7-2-3-11-9(7)8(10)5-6;;/h4-5,11H,2-3,10H2,1H3;2*1H. The van der Waals surface area contributed by atoms with Crippen molar-refractivity contribution in [1.29, 1.82) is 0 Å². The van der Waals surface area contributed by atoms with Gasteiger partial charge in [-0.05, 0) is 30.5 Å². The predicted octanol–water partition coefficient (Wildman–Crippen LogP) is 2.39. The molecule has 0 fully saturated rings. The molecule has 4 heteroatoms. The van der Waals surface area contributed by atoms with Gasteiger partial charge < -0.3 is 11.1 Å². The predicted molar refractivity (Wildman–Crippen MR) is 62.3 cm³/mol. The van der Waals surface area contributed by atoms with Crippen molar-refractivity contribution in [3.8, 4) is 0 Å². The number of anilines is 2. The highest BCUT2D eigenvalue weighted by molar-refractivity contribution is 5.85. The normalized spacial score (nSPS) is 12.1. The van der Waals surface area contributed by atoms with E-state index in [-0.39, 0.29) is 24.8 Å². The molecule has 0 radical (unpaired) electrons. The van der Waals surface area contributed by atoms with Crippen LogP contribution in [0.5, 0.6) is 0 Å². The molecule has 1 aromatic carbocycles. The average Bonchev–Trinajstić information content (AvgIpc) is 2.34. The molecule has 74 valence electrons. The highest BCUT2D eigenvalue weighted by Crippen LogP contribution is 2.29. The molecule has 0 unspecified atom stereocenters. The molecule has 0 saturated heterocycles. The van der Waals surface area contributed by atoms with E-state index in [4.69, 9.17) is 5.73 Å². The minimum absolute atomic E-state index is 0. The Labute approximate surface area is 90.7 Å². The summed E-state index contributed by atoms with van der Waals surface area (Å²) >= 11 is 0. The number of aryl methyl sites for hydroxylation is 1. The summed E-state index contributed by atoms with van der Waals surface area (Å²) in [6.45, 7) is 3.11. The molecule has 0 aliphatic carbocycles. The van der Waals surface area contributed by atoms with Crippen LogP contribution in [-0.4, -0.2) is 6.54 Å². The largest absolute Gasteiger partial charge is 0.397 e. The molecule has 2 nitrogen and oxygen atoms in total. The summed E-state index contributed by atoms with van der Waals surface area (Å²) in [4.78, 5) is 0. The van der Waals surface area contributed by atoms with Gasteiger partial charge in [0.2, 0.25) is 0 Å². The van der Waals surface area contributed by atoms with E-state index in [1.807, 2.05) is 6.07 Å². The molecule has 0 spiro atoms. The first-order valence-electron chi connectivity index (χ1n) is 3.90. The van der Waals surface area contributed by atoms with E-state index in [0.717, 1.165) is 24.3 Å². The zero-order valence-electron chi connectivity index (χ0n) is 7.46. The smallest absolute Gasteiger partial charge is 0.0607 e. The number of benzene rings is 1. The van der Waals surface area contributed by atoms with E-state index in [2.05, 4.69) is 18.3 Å². The molecule has 0 bridgehead atoms. The average molecular weight is 221 g/mol. The van der Waals surface area contributed by atoms with Crippen LogP contribution < -0.4 is 11.1 Å². The number of hydrogen-bond acceptors (Lipinski definition) is 2. The zero-order valence-corrected chi connectivity index (χ0v) is 9.10. The number of rotatable bonds is 0. The van der Waals surface area contributed by atoms with Crippen molar-refractivity contribution in [3.05, 3.63) is 23.3 Å². The number of halogens is 2. The summed E-state index contributed by atoms with van der Waals surface area (Å²) in [5.41, 5.74) is 10.5. The van der Waals surface area contributed by atoms with Gasteiger partial charge in [0.15, 0.2) is 0 Å². The van der Waals surface area contributed by atoms with E-state index < -0.39 is 0 Å². The summed E-state index contributed by atoms with van der Waals surface area (Å²) in [5, 5.41) is 3.27. The molecule has 0 atom stereocenters. The fourth-order valence-electron chi connectivity index (χ4n) is 1.63. The molecule has 3 N–H and O–H groups in total. The third-order valence-electron chi connectivity index (χ3n) is 2.09. The van der Waals surface area contributed by atoms with Crippen molar-refractivity contribution in [3.63, 3.8) is 0 Å². The highest BCUT2D eigenvalue weighted by atomic mass is 35.5. The Bertz CT molecular complexity index is 300. The summed E-state index contributed by atoms with van der Waals surface area (Å²) in [6, 6.07) is 4.21. The van der Waals surface area contributed by atoms with Gasteiger partial charge in [-0.15, -0.1) is 24.8 Å². The molecule has 0 amide bonds. The minimum atomic E-state index is 0. The molecule has 13 heavy (non-hydrogen) atoms. The number of nitrogens with two attached hydrogens (primary N) is 1. The van der Waals surface area contributed by atoms with Crippen LogP contribution >= 0.6 is 24.8 Å². The van der Waals surface area contributed by atoms with Gasteiger partial charge in [0.05, 0.1) is 11.4 Å². The fourth-order valence-corrected chi connectivity index (χ4v) is 1.63. The quantitative estimate of drug-likeness (QED) is 0.660. The van der Waals surface area contributed by atoms with Crippen LogP contribution in [0.3, 0.4) is 0 Å². The van der Waals surface area contributed by atoms with Gasteiger partial charge in [-0.3, -0.25) is 0 Å². The lowest BCUT2D eigenvalue weighted by Crippen LogP contribution is -1.95. The van der Waals surface area contributed by atoms with Gasteiger partial charge in [-0.1, -0.05) is 6.07 Å². The van der Waals surface area contributed by atoms with Crippen molar-refractivity contribution in [2.24, 2.45) is 0 Å². The molecule has 0 aromatic heterocycles. The Kier molecular flexibility index (Phi) is 4.37. The maximum absolute atomic E-state index is 5.81. The lowest BCUT2D eigenvalue weighted by atomic mass is 10.1. The Morgan fingerprint density at radius 3 is 2.69 bits per heavy atom. The van der Waals surface area contributed by atoms with Gasteiger partial charge in [0.25, 0.3) is 0 Å². The van der Waals surface area contributed by atoms with E-state index in [0.29, 0.717) is 0 Å². The van der Waals surface area contributed by atoms with Crippen molar-refractivity contribution in [1.82, 2.24) is 0 Å². The number of hydrogen-bond donors (Lipinski definition) is 2. The lowest BCUT2D eigenvalue weighted by molar-refractivity contribution is 1.10. The highest BCUT2D eigenvalue weighted by Gasteiger charge is 2.12. The van der Waals surface area contributed by atoms with E-state index in [1.54, 1.807) is 0 Å². The van der Waals surface area contributed by atoms with E-state index >= 15 is 0 Å². The van der Waals surface area contributed by atoms with Crippen LogP contribution in [0.15, 0.2) is 12.1 Å². The topological polar surface area (TPSA) is 38.0 Å². The Hall–Kier alpha value is -0.600. The van der Waals surface area contributed by atoms with Gasteiger partial charge in [0, 0.05) is 6.54 Å². The zero-order chi connectivity index (χ0) is 7.84. The Morgan fingerprint density at radius 1 is 1.31 bits per heavy atom. The van der Waals surface area contributed by atoms with Crippen molar-refractivity contribution < 1.29 is 0 Å². The SMILES string of the molecule is Cc1cc(N)c2c(c1)CCN2.Cl.Cl. The third kappa shape index (κ3) is 2.20. The van der Waals surface area contributed by atoms with Crippen LogP contribution in [-0.2, 0) is 6.42 Å². The molecule has 1 aliphatic heterocycles. The molecular weight excluding hydrogens is 207 g/mol. The lowest BCUT2D eigenvalue weighted by Gasteiger charge is -2.04. The van der Waals surface area contributed by atoms with E-state index in [1.165, 1.54) is 11.1 Å². The van der Waals surface area contributed by atoms with Crippen LogP contribution in [0.1, 0.15) is 11.1 Å². The summed E-state index contributed by atoms with van der Waals surface area (Å²) in [7, 11) is 0. The first-order valence-corrected chi connectivity index (χ1v) is 3.90. The molecule has 0 saturated carbocycles. The second kappa shape index (κ2) is 4.58. The fraction of sp³-hybridized carbons (Fsp3) is 0.333. The summed E-state index contributed by atoms with van der Waals surface area (Å²) in [6.07, 6.45) is 1.11. The monoisotopic (exact) mass is 220 g/mol. The second-order valence-electron chi connectivity index (χ2n) is 3.07. The second-order valence-corrected chi connectivity index (χ2v) is 3.07. The molecule has 1 aliphatic rings. The van der Waals surface area contributed by atoms with Gasteiger partial charge in [-0.25, -0.2) is 0 Å². The Morgan fingerprint density at radius 2 is 2.00 bits per heavy atom. The number of nitrogens with one attached hydrogen (secondary N) is 1. The maximum Gasteiger partial charge on any atom is 0.0607 e. The summed E-state index contributed by atoms with van der Waals surface area (Å²) < 4.78 is 0. The molecular formula is C9H14Cl2N2. The maximum atomic E-state index is 5.81. The van der Waals surface area contributed by atoms with Crippen molar-refractivity contribution >= 4 is 36.2 Å². The van der Waals surface area contributed by atoms with E-state index in [9.17, 15) is 0 Å². The van der Waals surface area contributed by atoms with Crippen LogP contribution in [0.25, 0.3) is 0 Å². The Balaban J connectivity index is 0.000000720. The molecule has 2 rings (SSSR count). The third-order valence-corrected chi connectivity index (χ3v) is 2.09. The van der Waals surface area contributed by atoms with Crippen LogP contribution in [0.2, 0.25) is 0 Å². The van der Waals surface area contributed by atoms with Gasteiger partial charge >= 0.3 is 0 Å². The number of fused-ring (bicyclic) bond motifs is 1. The molecule has 1 heterocycles.